The van der Waals surface area contributed by atoms with Crippen molar-refractivity contribution in [3.05, 3.63) is 11.1 Å². The predicted octanol–water partition coefficient (Wildman–Crippen LogP) is 4.57. The first kappa shape index (κ1) is 20.7. The first-order valence-electron chi connectivity index (χ1n) is 8.50. The van der Waals surface area contributed by atoms with Crippen molar-refractivity contribution in [1.29, 1.82) is 0 Å². The molecule has 0 aromatic carbocycles. The van der Waals surface area contributed by atoms with Crippen LogP contribution in [0.1, 0.15) is 78.1 Å². The van der Waals surface area contributed by atoms with Gasteiger partial charge in [0.15, 0.2) is 0 Å². The van der Waals surface area contributed by atoms with E-state index in [4.69, 9.17) is 9.47 Å². The van der Waals surface area contributed by atoms with Crippen LogP contribution in [0.3, 0.4) is 0 Å². The van der Waals surface area contributed by atoms with Crippen LogP contribution in [-0.4, -0.2) is 26.2 Å². The molecule has 0 radical (unpaired) electrons. The Bertz CT molecular complexity index is 358. The summed E-state index contributed by atoms with van der Waals surface area (Å²) >= 11 is 0. The number of carbonyl (C=O) groups is 2. The van der Waals surface area contributed by atoms with E-state index in [2.05, 4.69) is 6.92 Å². The van der Waals surface area contributed by atoms with E-state index in [1.165, 1.54) is 52.7 Å². The zero-order chi connectivity index (χ0) is 16.8. The topological polar surface area (TPSA) is 52.6 Å². The molecule has 0 aliphatic carbocycles. The molecule has 0 atom stereocenters. The number of esters is 2. The first-order chi connectivity index (χ1) is 10.6. The molecule has 128 valence electrons. The van der Waals surface area contributed by atoms with Crippen molar-refractivity contribution in [2.45, 2.75) is 78.1 Å². The fourth-order valence-corrected chi connectivity index (χ4v) is 2.54. The molecule has 4 nitrogen and oxygen atoms in total. The molecule has 0 heterocycles. The molecule has 0 amide bonds. The number of hydrogen-bond donors (Lipinski definition) is 0. The van der Waals surface area contributed by atoms with Crippen molar-refractivity contribution >= 4 is 11.9 Å². The van der Waals surface area contributed by atoms with E-state index >= 15 is 0 Å². The highest BCUT2D eigenvalue weighted by molar-refractivity contribution is 6.00. The van der Waals surface area contributed by atoms with E-state index in [1.54, 1.807) is 0 Å². The van der Waals surface area contributed by atoms with E-state index in [0.29, 0.717) is 24.0 Å². The summed E-state index contributed by atoms with van der Waals surface area (Å²) in [4.78, 5) is 23.6. The van der Waals surface area contributed by atoms with E-state index in [-0.39, 0.29) is 0 Å². The maximum absolute atomic E-state index is 11.9. The smallest absolute Gasteiger partial charge is 0.334 e. The highest BCUT2D eigenvalue weighted by atomic mass is 16.5. The summed E-state index contributed by atoms with van der Waals surface area (Å²) in [5, 5.41) is 0. The summed E-state index contributed by atoms with van der Waals surface area (Å²) in [5.74, 6) is -0.840. The Morgan fingerprint density at radius 2 is 1.14 bits per heavy atom. The fourth-order valence-electron chi connectivity index (χ4n) is 2.54. The van der Waals surface area contributed by atoms with Gasteiger partial charge in [0.2, 0.25) is 0 Å². The van der Waals surface area contributed by atoms with Crippen molar-refractivity contribution in [1.82, 2.24) is 0 Å². The van der Waals surface area contributed by atoms with Crippen LogP contribution in [0.15, 0.2) is 11.1 Å². The molecule has 0 rings (SSSR count). The highest BCUT2D eigenvalue weighted by Crippen LogP contribution is 2.20. The maximum atomic E-state index is 11.9. The molecule has 0 saturated carbocycles. The number of hydrogen-bond acceptors (Lipinski definition) is 4. The highest BCUT2D eigenvalue weighted by Gasteiger charge is 2.20. The van der Waals surface area contributed by atoms with Gasteiger partial charge in [-0.3, -0.25) is 0 Å². The van der Waals surface area contributed by atoms with Gasteiger partial charge in [0.25, 0.3) is 0 Å². The number of carbonyl (C=O) groups excluding carboxylic acids is 2. The Balaban J connectivity index is 4.36. The molecule has 4 heteroatoms. The molecule has 0 saturated heterocycles. The molecule has 0 aromatic rings. The summed E-state index contributed by atoms with van der Waals surface area (Å²) in [7, 11) is 2.68. The summed E-state index contributed by atoms with van der Waals surface area (Å²) in [6.45, 7) is 4.07. The van der Waals surface area contributed by atoms with Crippen molar-refractivity contribution < 1.29 is 19.1 Å². The minimum Gasteiger partial charge on any atom is -0.466 e. The van der Waals surface area contributed by atoms with E-state index in [9.17, 15) is 9.59 Å². The minimum atomic E-state index is -0.428. The summed E-state index contributed by atoms with van der Waals surface area (Å²) in [6, 6.07) is 0. The van der Waals surface area contributed by atoms with Gasteiger partial charge in [-0.25, -0.2) is 9.59 Å². The first-order valence-corrected chi connectivity index (χ1v) is 8.50. The molecule has 22 heavy (non-hydrogen) atoms. The zero-order valence-electron chi connectivity index (χ0n) is 14.7. The van der Waals surface area contributed by atoms with Crippen molar-refractivity contribution in [2.75, 3.05) is 14.2 Å². The summed E-state index contributed by atoms with van der Waals surface area (Å²) in [6.07, 6.45) is 10.6. The third kappa shape index (κ3) is 8.20. The van der Waals surface area contributed by atoms with Gasteiger partial charge in [-0.1, -0.05) is 58.8 Å². The van der Waals surface area contributed by atoms with Gasteiger partial charge in [0.05, 0.1) is 14.2 Å². The van der Waals surface area contributed by atoms with Gasteiger partial charge in [0.1, 0.15) is 0 Å². The standard InChI is InChI=1S/C18H32O4/c1-5-7-8-9-10-11-12-13-14-16(18(20)22-4)15(6-2)17(19)21-3/h5-14H2,1-4H3/b16-15-. The van der Waals surface area contributed by atoms with E-state index in [0.717, 1.165) is 12.8 Å². The molecule has 0 aliphatic rings. The van der Waals surface area contributed by atoms with Crippen LogP contribution >= 0.6 is 0 Å². The molecule has 0 spiro atoms. The van der Waals surface area contributed by atoms with Crippen molar-refractivity contribution in [3.8, 4) is 0 Å². The van der Waals surface area contributed by atoms with Crippen LogP contribution in [0.25, 0.3) is 0 Å². The maximum Gasteiger partial charge on any atom is 0.334 e. The van der Waals surface area contributed by atoms with Gasteiger partial charge in [-0.05, 0) is 19.3 Å². The van der Waals surface area contributed by atoms with Crippen LogP contribution in [0.4, 0.5) is 0 Å². The molecule has 0 bridgehead atoms. The number of ether oxygens (including phenoxy) is 2. The van der Waals surface area contributed by atoms with E-state index < -0.39 is 11.9 Å². The summed E-state index contributed by atoms with van der Waals surface area (Å²) < 4.78 is 9.56. The van der Waals surface area contributed by atoms with Crippen LogP contribution < -0.4 is 0 Å². The Morgan fingerprint density at radius 3 is 1.59 bits per heavy atom. The van der Waals surface area contributed by atoms with Gasteiger partial charge < -0.3 is 9.47 Å². The predicted molar refractivity (Wildman–Crippen MR) is 88.6 cm³/mol. The molecule has 0 fully saturated rings. The fraction of sp³-hybridized carbons (Fsp3) is 0.778. The second-order valence-electron chi connectivity index (χ2n) is 5.52. The van der Waals surface area contributed by atoms with Gasteiger partial charge >= 0.3 is 11.9 Å². The number of rotatable bonds is 12. The van der Waals surface area contributed by atoms with E-state index in [1.807, 2.05) is 6.92 Å². The molecule has 0 N–H and O–H groups in total. The molecular formula is C18H32O4. The Hall–Kier alpha value is -1.32. The van der Waals surface area contributed by atoms with Gasteiger partial charge in [-0.2, -0.15) is 0 Å². The number of unbranched alkanes of at least 4 members (excludes halogenated alkanes) is 7. The van der Waals surface area contributed by atoms with Crippen molar-refractivity contribution in [3.63, 3.8) is 0 Å². The summed E-state index contributed by atoms with van der Waals surface area (Å²) in [5.41, 5.74) is 0.917. The van der Waals surface area contributed by atoms with Crippen LogP contribution in [-0.2, 0) is 19.1 Å². The lowest BCUT2D eigenvalue weighted by atomic mass is 9.99. The SMILES string of the molecule is CCCCCCCCCC/C(C(=O)OC)=C(\CC)C(=O)OC. The quantitative estimate of drug-likeness (QED) is 0.301. The molecule has 0 aromatic heterocycles. The minimum absolute atomic E-state index is 0.412. The van der Waals surface area contributed by atoms with Gasteiger partial charge in [0, 0.05) is 11.1 Å². The second-order valence-corrected chi connectivity index (χ2v) is 5.52. The largest absolute Gasteiger partial charge is 0.466 e. The van der Waals surface area contributed by atoms with Crippen LogP contribution in [0.5, 0.6) is 0 Å². The monoisotopic (exact) mass is 312 g/mol. The van der Waals surface area contributed by atoms with Crippen LogP contribution in [0, 0.1) is 0 Å². The second kappa shape index (κ2) is 13.4. The molecule has 0 aliphatic heterocycles. The average molecular weight is 312 g/mol. The third-order valence-electron chi connectivity index (χ3n) is 3.86. The van der Waals surface area contributed by atoms with Crippen LogP contribution in [0.2, 0.25) is 0 Å². The lowest BCUT2D eigenvalue weighted by molar-refractivity contribution is -0.139. The Morgan fingerprint density at radius 1 is 0.682 bits per heavy atom. The number of methoxy groups -OCH3 is 2. The lowest BCUT2D eigenvalue weighted by Crippen LogP contribution is -2.14. The normalized spacial score (nSPS) is 11.8. The lowest BCUT2D eigenvalue weighted by Gasteiger charge is -2.11. The Kier molecular flexibility index (Phi) is 12.5. The van der Waals surface area contributed by atoms with Gasteiger partial charge in [-0.15, -0.1) is 0 Å². The average Bonchev–Trinajstić information content (AvgIpc) is 2.54. The zero-order valence-corrected chi connectivity index (χ0v) is 14.7. The third-order valence-corrected chi connectivity index (χ3v) is 3.86. The molecule has 0 unspecified atom stereocenters. The van der Waals surface area contributed by atoms with Crippen molar-refractivity contribution in [2.24, 2.45) is 0 Å². The Labute approximate surface area is 135 Å². The molecular weight excluding hydrogens is 280 g/mol.